The van der Waals surface area contributed by atoms with Gasteiger partial charge >= 0.3 is 0 Å². The Bertz CT molecular complexity index is 774. The van der Waals surface area contributed by atoms with Crippen molar-refractivity contribution in [1.29, 1.82) is 0 Å². The molecular weight excluding hydrogens is 322 g/mol. The molecule has 0 bridgehead atoms. The summed E-state index contributed by atoms with van der Waals surface area (Å²) in [6.45, 7) is 3.00. The summed E-state index contributed by atoms with van der Waals surface area (Å²) >= 11 is 0. The predicted octanol–water partition coefficient (Wildman–Crippen LogP) is 2.97. The molecule has 0 aliphatic carbocycles. The van der Waals surface area contributed by atoms with E-state index in [4.69, 9.17) is 18.9 Å². The first-order valence-electron chi connectivity index (χ1n) is 8.05. The van der Waals surface area contributed by atoms with Gasteiger partial charge in [0, 0.05) is 6.07 Å². The quantitative estimate of drug-likeness (QED) is 0.904. The van der Waals surface area contributed by atoms with Gasteiger partial charge in [0.15, 0.2) is 11.5 Å². The minimum absolute atomic E-state index is 0.199. The Labute approximate surface area is 146 Å². The van der Waals surface area contributed by atoms with Gasteiger partial charge in [-0.1, -0.05) is 6.07 Å². The number of rotatable bonds is 5. The minimum atomic E-state index is -0.220. The smallest absolute Gasteiger partial charge is 0.255 e. The van der Waals surface area contributed by atoms with Crippen LogP contribution in [0, 0.1) is 0 Å². The van der Waals surface area contributed by atoms with Crippen molar-refractivity contribution in [2.24, 2.45) is 0 Å². The molecule has 6 heteroatoms. The molecule has 25 heavy (non-hydrogen) atoms. The second kappa shape index (κ2) is 7.34. The van der Waals surface area contributed by atoms with Crippen LogP contribution in [0.3, 0.4) is 0 Å². The Kier molecular flexibility index (Phi) is 4.97. The fraction of sp³-hybridized carbons (Fsp3) is 0.316. The molecule has 2 aromatic rings. The first kappa shape index (κ1) is 17.0. The van der Waals surface area contributed by atoms with Crippen LogP contribution in [0.25, 0.3) is 0 Å². The van der Waals surface area contributed by atoms with Gasteiger partial charge in [0.2, 0.25) is 0 Å². The Balaban J connectivity index is 1.76. The minimum Gasteiger partial charge on any atom is -0.497 e. The van der Waals surface area contributed by atoms with Crippen molar-refractivity contribution in [2.45, 2.75) is 13.0 Å². The number of nitrogens with one attached hydrogen (secondary N) is 1. The molecule has 2 aromatic carbocycles. The van der Waals surface area contributed by atoms with Crippen LogP contribution in [0.4, 0.5) is 0 Å². The Morgan fingerprint density at radius 1 is 1.04 bits per heavy atom. The van der Waals surface area contributed by atoms with Crippen molar-refractivity contribution in [3.05, 3.63) is 47.5 Å². The Morgan fingerprint density at radius 2 is 1.80 bits per heavy atom. The molecule has 1 unspecified atom stereocenters. The molecule has 0 aromatic heterocycles. The predicted molar refractivity (Wildman–Crippen MR) is 92.9 cm³/mol. The molecule has 1 aliphatic heterocycles. The number of hydrogen-bond acceptors (Lipinski definition) is 5. The number of hydrogen-bond donors (Lipinski definition) is 1. The van der Waals surface area contributed by atoms with Crippen molar-refractivity contribution in [3.8, 4) is 23.0 Å². The molecule has 1 aliphatic rings. The zero-order valence-corrected chi connectivity index (χ0v) is 14.5. The van der Waals surface area contributed by atoms with E-state index in [9.17, 15) is 4.79 Å². The van der Waals surface area contributed by atoms with Gasteiger partial charge in [0.25, 0.3) is 5.91 Å². The van der Waals surface area contributed by atoms with Gasteiger partial charge in [0.05, 0.1) is 25.8 Å². The highest BCUT2D eigenvalue weighted by Gasteiger charge is 2.18. The van der Waals surface area contributed by atoms with Crippen LogP contribution in [-0.4, -0.2) is 33.3 Å². The van der Waals surface area contributed by atoms with Crippen LogP contribution >= 0.6 is 0 Å². The van der Waals surface area contributed by atoms with Gasteiger partial charge in [-0.3, -0.25) is 4.79 Å². The second-order valence-electron chi connectivity index (χ2n) is 5.66. The van der Waals surface area contributed by atoms with Crippen LogP contribution < -0.4 is 24.3 Å². The summed E-state index contributed by atoms with van der Waals surface area (Å²) in [5.41, 5.74) is 1.39. The fourth-order valence-electron chi connectivity index (χ4n) is 2.67. The van der Waals surface area contributed by atoms with Crippen LogP contribution in [0.1, 0.15) is 28.9 Å². The van der Waals surface area contributed by atoms with Crippen LogP contribution in [0.15, 0.2) is 36.4 Å². The molecule has 1 N–H and O–H groups in total. The molecule has 0 spiro atoms. The third-order valence-electron chi connectivity index (χ3n) is 4.07. The highest BCUT2D eigenvalue weighted by atomic mass is 16.6. The average Bonchev–Trinajstić information content (AvgIpc) is 2.66. The number of carbonyl (C=O) groups is 1. The van der Waals surface area contributed by atoms with E-state index in [-0.39, 0.29) is 11.9 Å². The van der Waals surface area contributed by atoms with Gasteiger partial charge in [-0.15, -0.1) is 0 Å². The van der Waals surface area contributed by atoms with E-state index in [0.29, 0.717) is 36.0 Å². The molecule has 0 radical (unpaired) electrons. The number of benzene rings is 2. The molecule has 3 rings (SSSR count). The number of amides is 1. The van der Waals surface area contributed by atoms with Gasteiger partial charge in [-0.25, -0.2) is 0 Å². The lowest BCUT2D eigenvalue weighted by atomic mass is 10.1. The summed E-state index contributed by atoms with van der Waals surface area (Å²) in [4.78, 5) is 12.6. The van der Waals surface area contributed by atoms with Gasteiger partial charge in [0.1, 0.15) is 24.7 Å². The Hall–Kier alpha value is -2.89. The lowest BCUT2D eigenvalue weighted by Gasteiger charge is -2.21. The fourth-order valence-corrected chi connectivity index (χ4v) is 2.67. The maximum atomic E-state index is 12.6. The van der Waals surface area contributed by atoms with E-state index in [1.54, 1.807) is 25.3 Å². The van der Waals surface area contributed by atoms with E-state index in [1.807, 2.05) is 25.1 Å². The maximum Gasteiger partial charge on any atom is 0.255 e. The van der Waals surface area contributed by atoms with Crippen molar-refractivity contribution in [3.63, 3.8) is 0 Å². The number of fused-ring (bicyclic) bond motifs is 1. The van der Waals surface area contributed by atoms with E-state index in [1.165, 1.54) is 7.11 Å². The third kappa shape index (κ3) is 3.63. The van der Waals surface area contributed by atoms with E-state index < -0.39 is 0 Å². The molecule has 0 saturated carbocycles. The lowest BCUT2D eigenvalue weighted by molar-refractivity contribution is 0.0936. The summed E-state index contributed by atoms with van der Waals surface area (Å²) in [5, 5.41) is 2.98. The number of ether oxygens (including phenoxy) is 4. The third-order valence-corrected chi connectivity index (χ3v) is 4.07. The molecule has 6 nitrogen and oxygen atoms in total. The number of methoxy groups -OCH3 is 2. The summed E-state index contributed by atoms with van der Waals surface area (Å²) in [7, 11) is 3.09. The van der Waals surface area contributed by atoms with Crippen molar-refractivity contribution < 1.29 is 23.7 Å². The highest BCUT2D eigenvalue weighted by molar-refractivity contribution is 5.97. The summed E-state index contributed by atoms with van der Waals surface area (Å²) in [6.07, 6.45) is 0. The lowest BCUT2D eigenvalue weighted by Crippen LogP contribution is -2.27. The molecular formula is C19H21NO5. The molecule has 1 atom stereocenters. The monoisotopic (exact) mass is 343 g/mol. The standard InChI is InChI=1S/C19H21NO5/c1-12(13-4-7-16-18(10-13)25-9-8-24-16)20-19(21)15-6-5-14(22-2)11-17(15)23-3/h4-7,10-12H,8-9H2,1-3H3,(H,20,21). The Morgan fingerprint density at radius 3 is 2.52 bits per heavy atom. The van der Waals surface area contributed by atoms with Gasteiger partial charge < -0.3 is 24.3 Å². The summed E-state index contributed by atoms with van der Waals surface area (Å²) < 4.78 is 21.6. The molecule has 1 amide bonds. The topological polar surface area (TPSA) is 66.0 Å². The normalized spacial score (nSPS) is 13.7. The van der Waals surface area contributed by atoms with E-state index in [0.717, 1.165) is 11.3 Å². The second-order valence-corrected chi connectivity index (χ2v) is 5.66. The zero-order valence-electron chi connectivity index (χ0n) is 14.5. The van der Waals surface area contributed by atoms with Crippen molar-refractivity contribution in [2.75, 3.05) is 27.4 Å². The largest absolute Gasteiger partial charge is 0.497 e. The highest BCUT2D eigenvalue weighted by Crippen LogP contribution is 2.33. The first-order valence-corrected chi connectivity index (χ1v) is 8.05. The zero-order chi connectivity index (χ0) is 17.8. The average molecular weight is 343 g/mol. The molecule has 1 heterocycles. The summed E-state index contributed by atoms with van der Waals surface area (Å²) in [6, 6.07) is 10.6. The molecule has 132 valence electrons. The molecule has 0 saturated heterocycles. The first-order chi connectivity index (χ1) is 12.1. The van der Waals surface area contributed by atoms with Gasteiger partial charge in [-0.2, -0.15) is 0 Å². The summed E-state index contributed by atoms with van der Waals surface area (Å²) in [5.74, 6) is 2.30. The van der Waals surface area contributed by atoms with Gasteiger partial charge in [-0.05, 0) is 36.8 Å². The van der Waals surface area contributed by atoms with Crippen LogP contribution in [0.2, 0.25) is 0 Å². The van der Waals surface area contributed by atoms with Crippen molar-refractivity contribution in [1.82, 2.24) is 5.32 Å². The van der Waals surface area contributed by atoms with E-state index >= 15 is 0 Å². The maximum absolute atomic E-state index is 12.6. The van der Waals surface area contributed by atoms with Crippen LogP contribution in [-0.2, 0) is 0 Å². The van der Waals surface area contributed by atoms with Crippen LogP contribution in [0.5, 0.6) is 23.0 Å². The number of carbonyl (C=O) groups excluding carboxylic acids is 1. The van der Waals surface area contributed by atoms with Crippen molar-refractivity contribution >= 4 is 5.91 Å². The van der Waals surface area contributed by atoms with E-state index in [2.05, 4.69) is 5.32 Å². The SMILES string of the molecule is COc1ccc(C(=O)NC(C)c2ccc3c(c2)OCCO3)c(OC)c1. The molecule has 0 fully saturated rings.